The number of nitrogens with zero attached hydrogens (tertiary/aromatic N) is 4. The lowest BCUT2D eigenvalue weighted by Crippen LogP contribution is -2.42. The van der Waals surface area contributed by atoms with Gasteiger partial charge in [0.2, 0.25) is 5.91 Å². The van der Waals surface area contributed by atoms with Crippen LogP contribution in [-0.4, -0.2) is 37.7 Å². The summed E-state index contributed by atoms with van der Waals surface area (Å²) in [5, 5.41) is 8.52. The standard InChI is InChI=1S/C17H26N4O/c1-12-18-19-16-10-14-7-8-15(11-20(12)16)21(14)17(22)9-6-13-4-2-3-5-13/h13-15H,2-11H2,1H3/t14-,15+/m0/s1. The van der Waals surface area contributed by atoms with Gasteiger partial charge in [0, 0.05) is 25.4 Å². The molecule has 1 aromatic rings. The van der Waals surface area contributed by atoms with Crippen LogP contribution in [0, 0.1) is 12.8 Å². The molecule has 3 heterocycles. The molecule has 1 saturated heterocycles. The predicted octanol–water partition coefficient (Wildman–Crippen LogP) is 2.47. The number of aromatic nitrogens is 3. The number of aryl methyl sites for hydroxylation is 1. The molecule has 0 unspecified atom stereocenters. The Kier molecular flexibility index (Phi) is 3.66. The fraction of sp³-hybridized carbons (Fsp3) is 0.824. The Labute approximate surface area is 132 Å². The topological polar surface area (TPSA) is 51.0 Å². The second-order valence-corrected chi connectivity index (χ2v) is 7.35. The molecule has 2 fully saturated rings. The summed E-state index contributed by atoms with van der Waals surface area (Å²) in [6.07, 6.45) is 10.4. The van der Waals surface area contributed by atoms with Gasteiger partial charge in [-0.15, -0.1) is 10.2 Å². The van der Waals surface area contributed by atoms with Crippen molar-refractivity contribution in [3.63, 3.8) is 0 Å². The number of hydrogen-bond donors (Lipinski definition) is 0. The minimum absolute atomic E-state index is 0.353. The summed E-state index contributed by atoms with van der Waals surface area (Å²) in [5.74, 6) is 3.24. The van der Waals surface area contributed by atoms with Gasteiger partial charge >= 0.3 is 0 Å². The number of fused-ring (bicyclic) bond motifs is 3. The third-order valence-electron chi connectivity index (χ3n) is 5.97. The smallest absolute Gasteiger partial charge is 0.223 e. The fourth-order valence-corrected chi connectivity index (χ4v) is 4.74. The van der Waals surface area contributed by atoms with Crippen molar-refractivity contribution in [3.05, 3.63) is 11.6 Å². The first kappa shape index (κ1) is 14.2. The Morgan fingerprint density at radius 1 is 1.14 bits per heavy atom. The molecule has 5 heteroatoms. The van der Waals surface area contributed by atoms with E-state index in [2.05, 4.69) is 19.7 Å². The molecule has 4 rings (SSSR count). The molecule has 3 aliphatic rings. The van der Waals surface area contributed by atoms with Crippen LogP contribution >= 0.6 is 0 Å². The van der Waals surface area contributed by atoms with Crippen LogP contribution in [-0.2, 0) is 17.8 Å². The quantitative estimate of drug-likeness (QED) is 0.862. The molecule has 0 spiro atoms. The Morgan fingerprint density at radius 3 is 2.73 bits per heavy atom. The van der Waals surface area contributed by atoms with E-state index in [0.717, 1.165) is 56.2 Å². The second-order valence-electron chi connectivity index (χ2n) is 7.35. The van der Waals surface area contributed by atoms with Crippen molar-refractivity contribution < 1.29 is 4.79 Å². The van der Waals surface area contributed by atoms with Gasteiger partial charge in [-0.05, 0) is 32.1 Å². The van der Waals surface area contributed by atoms with E-state index in [9.17, 15) is 4.79 Å². The van der Waals surface area contributed by atoms with Crippen LogP contribution in [0.15, 0.2) is 0 Å². The summed E-state index contributed by atoms with van der Waals surface area (Å²) in [7, 11) is 0. The minimum atomic E-state index is 0.353. The third kappa shape index (κ3) is 2.44. The molecule has 0 aromatic carbocycles. The van der Waals surface area contributed by atoms with Crippen LogP contribution in [0.1, 0.15) is 63.0 Å². The van der Waals surface area contributed by atoms with Gasteiger partial charge in [-0.25, -0.2) is 0 Å². The highest BCUT2D eigenvalue weighted by Gasteiger charge is 2.40. The van der Waals surface area contributed by atoms with Gasteiger partial charge in [0.25, 0.3) is 0 Å². The highest BCUT2D eigenvalue weighted by Crippen LogP contribution is 2.34. The van der Waals surface area contributed by atoms with Gasteiger partial charge in [-0.1, -0.05) is 25.7 Å². The molecule has 0 N–H and O–H groups in total. The maximum Gasteiger partial charge on any atom is 0.223 e. The van der Waals surface area contributed by atoms with Crippen molar-refractivity contribution in [1.29, 1.82) is 0 Å². The monoisotopic (exact) mass is 302 g/mol. The largest absolute Gasteiger partial charge is 0.334 e. The van der Waals surface area contributed by atoms with Crippen LogP contribution < -0.4 is 0 Å². The van der Waals surface area contributed by atoms with Crippen LogP contribution in [0.25, 0.3) is 0 Å². The molecule has 2 bridgehead atoms. The first-order chi connectivity index (χ1) is 10.7. The summed E-state index contributed by atoms with van der Waals surface area (Å²) in [5.41, 5.74) is 0. The van der Waals surface area contributed by atoms with Crippen molar-refractivity contribution in [2.24, 2.45) is 5.92 Å². The predicted molar refractivity (Wildman–Crippen MR) is 83.3 cm³/mol. The molecule has 5 nitrogen and oxygen atoms in total. The van der Waals surface area contributed by atoms with E-state index >= 15 is 0 Å². The summed E-state index contributed by atoms with van der Waals surface area (Å²) in [4.78, 5) is 15.0. The van der Waals surface area contributed by atoms with E-state index in [-0.39, 0.29) is 0 Å². The van der Waals surface area contributed by atoms with E-state index in [1.54, 1.807) is 0 Å². The molecule has 1 aliphatic carbocycles. The highest BCUT2D eigenvalue weighted by molar-refractivity contribution is 5.77. The minimum Gasteiger partial charge on any atom is -0.334 e. The lowest BCUT2D eigenvalue weighted by atomic mass is 10.0. The Bertz CT molecular complexity index is 561. The molecule has 120 valence electrons. The van der Waals surface area contributed by atoms with E-state index < -0.39 is 0 Å². The Hall–Kier alpha value is -1.39. The molecule has 1 saturated carbocycles. The summed E-state index contributed by atoms with van der Waals surface area (Å²) in [6, 6.07) is 0.711. The molecule has 22 heavy (non-hydrogen) atoms. The van der Waals surface area contributed by atoms with Crippen molar-refractivity contribution in [3.8, 4) is 0 Å². The molecule has 2 aliphatic heterocycles. The van der Waals surface area contributed by atoms with Crippen LogP contribution in [0.5, 0.6) is 0 Å². The number of amides is 1. The van der Waals surface area contributed by atoms with Crippen molar-refractivity contribution in [2.45, 2.75) is 83.3 Å². The average Bonchev–Trinajstić information content (AvgIpc) is 3.18. The zero-order valence-electron chi connectivity index (χ0n) is 13.5. The van der Waals surface area contributed by atoms with Gasteiger partial charge in [-0.2, -0.15) is 0 Å². The lowest BCUT2D eigenvalue weighted by Gasteiger charge is -2.28. The first-order valence-electron chi connectivity index (χ1n) is 8.92. The van der Waals surface area contributed by atoms with Gasteiger partial charge in [-0.3, -0.25) is 4.79 Å². The molecular weight excluding hydrogens is 276 g/mol. The maximum absolute atomic E-state index is 12.8. The van der Waals surface area contributed by atoms with Crippen molar-refractivity contribution in [1.82, 2.24) is 19.7 Å². The molecular formula is C17H26N4O. The van der Waals surface area contributed by atoms with Crippen LogP contribution in [0.4, 0.5) is 0 Å². The molecule has 2 atom stereocenters. The van der Waals surface area contributed by atoms with Gasteiger partial charge in [0.05, 0.1) is 6.04 Å². The third-order valence-corrected chi connectivity index (χ3v) is 5.97. The zero-order chi connectivity index (χ0) is 15.1. The fourth-order valence-electron chi connectivity index (χ4n) is 4.74. The molecule has 1 aromatic heterocycles. The highest BCUT2D eigenvalue weighted by atomic mass is 16.2. The SMILES string of the molecule is Cc1nnc2n1C[C@H]1CC[C@@H](C2)N1C(=O)CCC1CCCC1. The summed E-state index contributed by atoms with van der Waals surface area (Å²) in [6.45, 7) is 2.90. The van der Waals surface area contributed by atoms with E-state index in [0.29, 0.717) is 18.0 Å². The second kappa shape index (κ2) is 5.67. The average molecular weight is 302 g/mol. The Balaban J connectivity index is 1.45. The molecule has 1 amide bonds. The van der Waals surface area contributed by atoms with Crippen LogP contribution in [0.3, 0.4) is 0 Å². The Morgan fingerprint density at radius 2 is 1.91 bits per heavy atom. The van der Waals surface area contributed by atoms with Gasteiger partial charge in [0.15, 0.2) is 0 Å². The molecule has 0 radical (unpaired) electrons. The van der Waals surface area contributed by atoms with E-state index in [4.69, 9.17) is 0 Å². The number of carbonyl (C=O) groups excluding carboxylic acids is 1. The lowest BCUT2D eigenvalue weighted by molar-refractivity contribution is -0.134. The number of rotatable bonds is 3. The van der Waals surface area contributed by atoms with Gasteiger partial charge in [0.1, 0.15) is 11.6 Å². The number of carbonyl (C=O) groups is 1. The number of hydrogen-bond acceptors (Lipinski definition) is 3. The zero-order valence-corrected chi connectivity index (χ0v) is 13.5. The maximum atomic E-state index is 12.8. The van der Waals surface area contributed by atoms with Gasteiger partial charge < -0.3 is 9.47 Å². The van der Waals surface area contributed by atoms with E-state index in [1.807, 2.05) is 6.92 Å². The normalized spacial score (nSPS) is 28.0. The van der Waals surface area contributed by atoms with E-state index in [1.165, 1.54) is 25.7 Å². The van der Waals surface area contributed by atoms with Crippen molar-refractivity contribution in [2.75, 3.05) is 0 Å². The summed E-state index contributed by atoms with van der Waals surface area (Å²) >= 11 is 0. The van der Waals surface area contributed by atoms with Crippen molar-refractivity contribution >= 4 is 5.91 Å². The summed E-state index contributed by atoms with van der Waals surface area (Å²) < 4.78 is 2.22. The van der Waals surface area contributed by atoms with Crippen LogP contribution in [0.2, 0.25) is 0 Å². The first-order valence-corrected chi connectivity index (χ1v) is 8.92.